The van der Waals surface area contributed by atoms with Gasteiger partial charge in [-0.15, -0.1) is 0 Å². The van der Waals surface area contributed by atoms with E-state index in [1.54, 1.807) is 0 Å². The van der Waals surface area contributed by atoms with Gasteiger partial charge in [0.05, 0.1) is 6.07 Å². The average Bonchev–Trinajstić information content (AvgIpc) is 2.18. The highest BCUT2D eigenvalue weighted by Gasteiger charge is 2.35. The molecule has 2 nitrogen and oxygen atoms in total. The summed E-state index contributed by atoms with van der Waals surface area (Å²) in [5.41, 5.74) is -0.229. The molecule has 0 aromatic heterocycles. The molecule has 1 N–H and O–H groups in total. The number of hydrogen-bond donors (Lipinski definition) is 1. The van der Waals surface area contributed by atoms with Crippen molar-refractivity contribution in [3.05, 3.63) is 0 Å². The largest absolute Gasteiger partial charge is 0.302 e. The third-order valence-corrected chi connectivity index (χ3v) is 3.42. The summed E-state index contributed by atoms with van der Waals surface area (Å²) in [5, 5.41) is 12.3. The van der Waals surface area contributed by atoms with Gasteiger partial charge in [0.15, 0.2) is 0 Å². The Morgan fingerprint density at radius 3 is 2.69 bits per heavy atom. The average molecular weight is 180 g/mol. The number of hydrogen-bond acceptors (Lipinski definition) is 2. The molecular weight excluding hydrogens is 160 g/mol. The van der Waals surface area contributed by atoms with Gasteiger partial charge in [-0.05, 0) is 38.1 Å². The lowest BCUT2D eigenvalue weighted by molar-refractivity contribution is 0.197. The van der Waals surface area contributed by atoms with Gasteiger partial charge in [-0.25, -0.2) is 0 Å². The molecule has 0 saturated heterocycles. The molecule has 1 saturated carbocycles. The van der Waals surface area contributed by atoms with Crippen molar-refractivity contribution in [3.63, 3.8) is 0 Å². The lowest BCUT2D eigenvalue weighted by atomic mass is 9.72. The predicted molar refractivity (Wildman–Crippen MR) is 54.2 cm³/mol. The second-order valence-corrected chi connectivity index (χ2v) is 4.54. The molecule has 0 heterocycles. The van der Waals surface area contributed by atoms with Crippen LogP contribution in [0.3, 0.4) is 0 Å². The maximum absolute atomic E-state index is 9.13. The van der Waals surface area contributed by atoms with Gasteiger partial charge >= 0.3 is 0 Å². The summed E-state index contributed by atoms with van der Waals surface area (Å²) in [6.07, 6.45) is 4.53. The zero-order valence-electron chi connectivity index (χ0n) is 8.93. The number of nitriles is 1. The van der Waals surface area contributed by atoms with Gasteiger partial charge in [-0.3, -0.25) is 0 Å². The van der Waals surface area contributed by atoms with Gasteiger partial charge in [-0.2, -0.15) is 5.26 Å². The molecule has 13 heavy (non-hydrogen) atoms. The smallest absolute Gasteiger partial charge is 0.106 e. The van der Waals surface area contributed by atoms with Crippen LogP contribution in [0.1, 0.15) is 39.5 Å². The normalized spacial score (nSPS) is 34.5. The fraction of sp³-hybridized carbons (Fsp3) is 0.909. The van der Waals surface area contributed by atoms with Gasteiger partial charge < -0.3 is 5.32 Å². The van der Waals surface area contributed by atoms with Crippen LogP contribution >= 0.6 is 0 Å². The minimum Gasteiger partial charge on any atom is -0.302 e. The molecule has 1 aliphatic rings. The Morgan fingerprint density at radius 2 is 2.23 bits per heavy atom. The first kappa shape index (κ1) is 10.5. The van der Waals surface area contributed by atoms with Crippen LogP contribution in [0, 0.1) is 23.2 Å². The van der Waals surface area contributed by atoms with Gasteiger partial charge in [-0.1, -0.05) is 20.3 Å². The van der Waals surface area contributed by atoms with Crippen LogP contribution < -0.4 is 5.32 Å². The minimum atomic E-state index is -0.229. The van der Waals surface area contributed by atoms with Crippen molar-refractivity contribution < 1.29 is 0 Å². The Hall–Kier alpha value is -0.550. The van der Waals surface area contributed by atoms with E-state index in [9.17, 15) is 0 Å². The standard InChI is InChI=1S/C11H20N2/c1-9(2)10-5-4-6-11(7-10,8-12)13-3/h9-10,13H,4-7H2,1-3H3. The molecule has 0 amide bonds. The van der Waals surface area contributed by atoms with E-state index in [4.69, 9.17) is 5.26 Å². The quantitative estimate of drug-likeness (QED) is 0.708. The van der Waals surface area contributed by atoms with Gasteiger partial charge in [0.1, 0.15) is 5.54 Å². The van der Waals surface area contributed by atoms with Crippen molar-refractivity contribution in [1.29, 1.82) is 5.26 Å². The second kappa shape index (κ2) is 4.11. The van der Waals surface area contributed by atoms with Crippen molar-refractivity contribution >= 4 is 0 Å². The SMILES string of the molecule is CNC1(C#N)CCCC(C(C)C)C1. The molecule has 0 bridgehead atoms. The molecule has 2 unspecified atom stereocenters. The van der Waals surface area contributed by atoms with Crippen LogP contribution in [0.25, 0.3) is 0 Å². The lowest BCUT2D eigenvalue weighted by Gasteiger charge is -2.37. The molecule has 74 valence electrons. The van der Waals surface area contributed by atoms with Crippen molar-refractivity contribution in [1.82, 2.24) is 5.32 Å². The van der Waals surface area contributed by atoms with E-state index in [-0.39, 0.29) is 5.54 Å². The van der Waals surface area contributed by atoms with E-state index in [1.165, 1.54) is 12.8 Å². The molecule has 1 fully saturated rings. The minimum absolute atomic E-state index is 0.229. The Kier molecular flexibility index (Phi) is 3.33. The van der Waals surface area contributed by atoms with Crippen molar-refractivity contribution in [2.45, 2.75) is 45.1 Å². The number of rotatable bonds is 2. The summed E-state index contributed by atoms with van der Waals surface area (Å²) in [6.45, 7) is 4.52. The number of nitrogens with zero attached hydrogens (tertiary/aromatic N) is 1. The fourth-order valence-corrected chi connectivity index (χ4v) is 2.27. The highest BCUT2D eigenvalue weighted by atomic mass is 14.9. The zero-order valence-corrected chi connectivity index (χ0v) is 8.93. The highest BCUT2D eigenvalue weighted by molar-refractivity contribution is 5.09. The van der Waals surface area contributed by atoms with Crippen molar-refractivity contribution in [2.24, 2.45) is 11.8 Å². The first-order valence-electron chi connectivity index (χ1n) is 5.24. The summed E-state index contributed by atoms with van der Waals surface area (Å²) < 4.78 is 0. The van der Waals surface area contributed by atoms with Crippen molar-refractivity contribution in [3.8, 4) is 6.07 Å². The fourth-order valence-electron chi connectivity index (χ4n) is 2.27. The van der Waals surface area contributed by atoms with Crippen LogP contribution in [-0.2, 0) is 0 Å². The Balaban J connectivity index is 2.65. The van der Waals surface area contributed by atoms with Crippen LogP contribution in [0.5, 0.6) is 0 Å². The molecule has 1 aliphatic carbocycles. The zero-order chi connectivity index (χ0) is 9.90. The lowest BCUT2D eigenvalue weighted by Crippen LogP contribution is -2.46. The van der Waals surface area contributed by atoms with Crippen LogP contribution in [0.2, 0.25) is 0 Å². The molecule has 2 atom stereocenters. The molecule has 1 rings (SSSR count). The van der Waals surface area contributed by atoms with E-state index in [1.807, 2.05) is 7.05 Å². The summed E-state index contributed by atoms with van der Waals surface area (Å²) in [7, 11) is 1.91. The van der Waals surface area contributed by atoms with Gasteiger partial charge in [0.25, 0.3) is 0 Å². The second-order valence-electron chi connectivity index (χ2n) is 4.54. The molecule has 0 aliphatic heterocycles. The molecular formula is C11H20N2. The highest BCUT2D eigenvalue weighted by Crippen LogP contribution is 2.35. The molecule has 0 aromatic carbocycles. The van der Waals surface area contributed by atoms with Crippen LogP contribution in [0.15, 0.2) is 0 Å². The van der Waals surface area contributed by atoms with Crippen molar-refractivity contribution in [2.75, 3.05) is 7.05 Å². The van der Waals surface area contributed by atoms with E-state index in [2.05, 4.69) is 25.2 Å². The Labute approximate surface area is 81.3 Å². The monoisotopic (exact) mass is 180 g/mol. The van der Waals surface area contributed by atoms with Gasteiger partial charge in [0, 0.05) is 0 Å². The third-order valence-electron chi connectivity index (χ3n) is 3.42. The maximum Gasteiger partial charge on any atom is 0.106 e. The van der Waals surface area contributed by atoms with Crippen LogP contribution in [-0.4, -0.2) is 12.6 Å². The van der Waals surface area contributed by atoms with E-state index in [0.717, 1.165) is 18.8 Å². The van der Waals surface area contributed by atoms with E-state index < -0.39 is 0 Å². The maximum atomic E-state index is 9.13. The Bertz CT molecular complexity index is 205. The van der Waals surface area contributed by atoms with E-state index >= 15 is 0 Å². The molecule has 0 aromatic rings. The first-order valence-corrected chi connectivity index (χ1v) is 5.24. The third kappa shape index (κ3) is 2.22. The Morgan fingerprint density at radius 1 is 1.54 bits per heavy atom. The number of nitrogens with one attached hydrogen (secondary N) is 1. The summed E-state index contributed by atoms with van der Waals surface area (Å²) in [5.74, 6) is 1.43. The molecule has 0 radical (unpaired) electrons. The first-order chi connectivity index (χ1) is 6.13. The summed E-state index contributed by atoms with van der Waals surface area (Å²) in [4.78, 5) is 0. The van der Waals surface area contributed by atoms with Gasteiger partial charge in [0.2, 0.25) is 0 Å². The molecule has 2 heteroatoms. The summed E-state index contributed by atoms with van der Waals surface area (Å²) in [6, 6.07) is 2.44. The topological polar surface area (TPSA) is 35.8 Å². The predicted octanol–water partition coefficient (Wildman–Crippen LogP) is 2.31. The molecule has 0 spiro atoms. The van der Waals surface area contributed by atoms with E-state index in [0.29, 0.717) is 5.92 Å². The summed E-state index contributed by atoms with van der Waals surface area (Å²) >= 11 is 0. The van der Waals surface area contributed by atoms with Crippen LogP contribution in [0.4, 0.5) is 0 Å².